The quantitative estimate of drug-likeness (QED) is 0.0949. The Balaban J connectivity index is 2.36. The average Bonchev–Trinajstić information content (AvgIpc) is 2.68. The molecule has 0 heterocycles. The molecule has 2 N–H and O–H groups in total. The zero-order valence-electron chi connectivity index (χ0n) is 13.9. The van der Waals surface area contributed by atoms with Gasteiger partial charge in [-0.2, -0.15) is 0 Å². The molecule has 1 rings (SSSR count). The maximum atomic E-state index is 11.5. The molecule has 0 atom stereocenters. The molecule has 11 nitrogen and oxygen atoms in total. The van der Waals surface area contributed by atoms with Crippen molar-refractivity contribution in [1.29, 1.82) is 0 Å². The van der Waals surface area contributed by atoms with Gasteiger partial charge in [-0.25, -0.2) is 4.79 Å². The summed E-state index contributed by atoms with van der Waals surface area (Å²) in [4.78, 5) is 47.4. The number of rotatable bonds is 9. The smallest absolute Gasteiger partial charge is 0.383 e. The lowest BCUT2D eigenvalue weighted by Crippen LogP contribution is -2.24. The second-order valence-electron chi connectivity index (χ2n) is 4.86. The van der Waals surface area contributed by atoms with Gasteiger partial charge in [0.1, 0.15) is 13.2 Å². The Labute approximate surface area is 152 Å². The van der Waals surface area contributed by atoms with Crippen LogP contribution in [-0.4, -0.2) is 47.1 Å². The highest BCUT2D eigenvalue weighted by Crippen LogP contribution is 2.05. The van der Waals surface area contributed by atoms with E-state index in [-0.39, 0.29) is 13.0 Å². The van der Waals surface area contributed by atoms with Gasteiger partial charge in [-0.05, 0) is 22.6 Å². The van der Waals surface area contributed by atoms with Gasteiger partial charge < -0.3 is 19.7 Å². The van der Waals surface area contributed by atoms with Crippen LogP contribution in [0.2, 0.25) is 0 Å². The summed E-state index contributed by atoms with van der Waals surface area (Å²) in [5.41, 5.74) is 8.96. The van der Waals surface area contributed by atoms with Crippen LogP contribution in [0.4, 0.5) is 0 Å². The van der Waals surface area contributed by atoms with Gasteiger partial charge >= 0.3 is 17.7 Å². The molecule has 11 heteroatoms. The third-order valence-electron chi connectivity index (χ3n) is 3.00. The number of aliphatic hydroxyl groups excluding tert-OH is 2. The van der Waals surface area contributed by atoms with E-state index in [2.05, 4.69) is 9.85 Å². The van der Waals surface area contributed by atoms with Crippen molar-refractivity contribution in [3.8, 4) is 0 Å². The van der Waals surface area contributed by atoms with Crippen molar-refractivity contribution in [1.82, 2.24) is 0 Å². The van der Waals surface area contributed by atoms with Crippen LogP contribution in [0.3, 0.4) is 0 Å². The largest absolute Gasteiger partial charge is 0.502 e. The van der Waals surface area contributed by atoms with Crippen molar-refractivity contribution in [3.05, 3.63) is 57.9 Å². The summed E-state index contributed by atoms with van der Waals surface area (Å²) >= 11 is 0. The molecule has 0 aliphatic carbocycles. The summed E-state index contributed by atoms with van der Waals surface area (Å²) in [5.74, 6) is -8.75. The van der Waals surface area contributed by atoms with Gasteiger partial charge in [-0.1, -0.05) is 30.3 Å². The topological polar surface area (TPSA) is 176 Å². The fraction of sp³-hybridized carbons (Fsp3) is 0.250. The second kappa shape index (κ2) is 10.9. The average molecular weight is 377 g/mol. The maximum absolute atomic E-state index is 11.5. The normalized spacial score (nSPS) is 10.8. The highest BCUT2D eigenvalue weighted by atomic mass is 16.6. The molecular formula is C16H15N3O8. The predicted octanol–water partition coefficient (Wildman–Crippen LogP) is 1.44. The molecule has 0 spiro atoms. The molecule has 0 aliphatic rings. The number of ether oxygens (including phenoxy) is 2. The number of Topliss-reactive ketones (excluding diaryl/α,β-unsaturated/α-hetero) is 1. The van der Waals surface area contributed by atoms with Crippen molar-refractivity contribution in [2.45, 2.75) is 12.8 Å². The van der Waals surface area contributed by atoms with Crippen LogP contribution in [0.15, 0.2) is 47.0 Å². The van der Waals surface area contributed by atoms with Crippen LogP contribution >= 0.6 is 0 Å². The van der Waals surface area contributed by atoms with Crippen LogP contribution in [-0.2, 0) is 35.1 Å². The first-order valence-electron chi connectivity index (χ1n) is 7.49. The summed E-state index contributed by atoms with van der Waals surface area (Å²) in [6.07, 6.45) is 0.574. The van der Waals surface area contributed by atoms with Crippen molar-refractivity contribution < 1.29 is 38.9 Å². The number of carbonyl (C=O) groups is 4. The van der Waals surface area contributed by atoms with E-state index in [1.807, 2.05) is 35.2 Å². The Kier molecular flexibility index (Phi) is 8.56. The van der Waals surface area contributed by atoms with Crippen molar-refractivity contribution >= 4 is 23.6 Å². The Morgan fingerprint density at radius 3 is 2.26 bits per heavy atom. The SMILES string of the molecule is [N-]=[N+]=NC(=O)C(O)=C(O)C(=O)C(=O)OCCOC(=O)CCc1ccccc1. The molecule has 0 fully saturated rings. The zero-order chi connectivity index (χ0) is 20.2. The van der Waals surface area contributed by atoms with E-state index in [1.165, 1.54) is 0 Å². The Hall–Kier alpha value is -3.85. The molecule has 27 heavy (non-hydrogen) atoms. The summed E-state index contributed by atoms with van der Waals surface area (Å²) in [6, 6.07) is 9.21. The maximum Gasteiger partial charge on any atom is 0.383 e. The molecule has 0 unspecified atom stereocenters. The van der Waals surface area contributed by atoms with E-state index < -0.39 is 41.8 Å². The zero-order valence-corrected chi connectivity index (χ0v) is 13.9. The minimum Gasteiger partial charge on any atom is -0.502 e. The fourth-order valence-corrected chi connectivity index (χ4v) is 1.71. The molecule has 1 aromatic rings. The first-order valence-corrected chi connectivity index (χ1v) is 7.49. The predicted molar refractivity (Wildman–Crippen MR) is 88.1 cm³/mol. The van der Waals surface area contributed by atoms with E-state index in [4.69, 9.17) is 15.4 Å². The molecule has 0 aromatic heterocycles. The minimum atomic E-state index is -1.73. The first kappa shape index (κ1) is 21.2. The lowest BCUT2D eigenvalue weighted by Gasteiger charge is -2.06. The molecular weight excluding hydrogens is 362 g/mol. The number of aryl methyl sites for hydroxylation is 1. The van der Waals surface area contributed by atoms with Crippen LogP contribution in [0.25, 0.3) is 10.4 Å². The van der Waals surface area contributed by atoms with E-state index in [9.17, 15) is 24.3 Å². The molecule has 0 bridgehead atoms. The number of nitrogens with zero attached hydrogens (tertiary/aromatic N) is 3. The third kappa shape index (κ3) is 7.28. The van der Waals surface area contributed by atoms with E-state index >= 15 is 0 Å². The lowest BCUT2D eigenvalue weighted by molar-refractivity contribution is -0.157. The molecule has 142 valence electrons. The number of carbonyl (C=O) groups excluding carboxylic acids is 4. The summed E-state index contributed by atoms with van der Waals surface area (Å²) in [7, 11) is 0. The summed E-state index contributed by atoms with van der Waals surface area (Å²) in [5, 5.41) is 20.9. The molecule has 0 radical (unpaired) electrons. The van der Waals surface area contributed by atoms with Gasteiger partial charge in [0.2, 0.25) is 11.5 Å². The van der Waals surface area contributed by atoms with Crippen LogP contribution < -0.4 is 0 Å². The van der Waals surface area contributed by atoms with Gasteiger partial charge in [0, 0.05) is 11.3 Å². The van der Waals surface area contributed by atoms with Gasteiger partial charge in [0.25, 0.3) is 5.91 Å². The third-order valence-corrected chi connectivity index (χ3v) is 3.00. The number of aliphatic hydroxyl groups is 2. The number of ketones is 1. The van der Waals surface area contributed by atoms with Crippen molar-refractivity contribution in [2.75, 3.05) is 13.2 Å². The van der Waals surface area contributed by atoms with Crippen molar-refractivity contribution in [2.24, 2.45) is 5.11 Å². The molecule has 1 aromatic carbocycles. The van der Waals surface area contributed by atoms with Gasteiger partial charge in [-0.15, -0.1) is 0 Å². The Morgan fingerprint density at radius 2 is 1.63 bits per heavy atom. The molecule has 1 amide bonds. The standard InChI is InChI=1S/C16H15N3O8/c17-19-18-15(24)13(22)12(21)14(23)16(25)27-9-8-26-11(20)7-6-10-4-2-1-3-5-10/h1-5,21-22H,6-9H2. The number of azide groups is 1. The number of amides is 1. The van der Waals surface area contributed by atoms with Crippen LogP contribution in [0.1, 0.15) is 12.0 Å². The molecule has 0 aliphatic heterocycles. The summed E-state index contributed by atoms with van der Waals surface area (Å²) < 4.78 is 9.25. The molecule has 0 saturated carbocycles. The van der Waals surface area contributed by atoms with Gasteiger partial charge in [-0.3, -0.25) is 14.4 Å². The minimum absolute atomic E-state index is 0.107. The lowest BCUT2D eigenvalue weighted by atomic mass is 10.1. The number of hydrogen-bond donors (Lipinski definition) is 2. The number of hydrogen-bond acceptors (Lipinski definition) is 8. The van der Waals surface area contributed by atoms with E-state index in [1.54, 1.807) is 0 Å². The number of benzene rings is 1. The van der Waals surface area contributed by atoms with Crippen LogP contribution in [0.5, 0.6) is 0 Å². The van der Waals surface area contributed by atoms with E-state index in [0.717, 1.165) is 5.56 Å². The molecule has 0 saturated heterocycles. The van der Waals surface area contributed by atoms with Gasteiger partial charge in [0.15, 0.2) is 0 Å². The Bertz CT molecular complexity index is 797. The van der Waals surface area contributed by atoms with Gasteiger partial charge in [0.05, 0.1) is 0 Å². The first-order chi connectivity index (χ1) is 12.9. The van der Waals surface area contributed by atoms with Crippen LogP contribution in [0, 0.1) is 0 Å². The number of esters is 2. The highest BCUT2D eigenvalue weighted by molar-refractivity contribution is 6.40. The summed E-state index contributed by atoms with van der Waals surface area (Å²) in [6.45, 7) is -0.819. The van der Waals surface area contributed by atoms with Crippen molar-refractivity contribution in [3.63, 3.8) is 0 Å². The highest BCUT2D eigenvalue weighted by Gasteiger charge is 2.26. The Morgan fingerprint density at radius 1 is 1.00 bits per heavy atom. The fourth-order valence-electron chi connectivity index (χ4n) is 1.71. The van der Waals surface area contributed by atoms with E-state index in [0.29, 0.717) is 6.42 Å². The second-order valence-corrected chi connectivity index (χ2v) is 4.86. The monoisotopic (exact) mass is 377 g/mol.